The number of ether oxygens (including phenoxy) is 1. The number of carboxylic acids is 2. The lowest BCUT2D eigenvalue weighted by molar-refractivity contribution is -0.147. The SMILES string of the molecule is CC(=O)O.CC(=O)O.CCCC(CO)(CO)COC(C)=O. The van der Waals surface area contributed by atoms with Gasteiger partial charge in [0, 0.05) is 20.8 Å². The second-order valence-electron chi connectivity index (χ2n) is 4.38. The molecule has 0 aromatic carbocycles. The highest BCUT2D eigenvalue weighted by atomic mass is 16.5. The monoisotopic (exact) mass is 310 g/mol. The molecule has 0 aliphatic carbocycles. The van der Waals surface area contributed by atoms with Crippen LogP contribution >= 0.6 is 0 Å². The molecule has 8 nitrogen and oxygen atoms in total. The Morgan fingerprint density at radius 3 is 1.48 bits per heavy atom. The highest BCUT2D eigenvalue weighted by molar-refractivity contribution is 5.65. The van der Waals surface area contributed by atoms with Crippen LogP contribution in [0.25, 0.3) is 0 Å². The molecule has 8 heteroatoms. The number of aliphatic carboxylic acids is 2. The van der Waals surface area contributed by atoms with E-state index in [4.69, 9.17) is 34.8 Å². The van der Waals surface area contributed by atoms with E-state index < -0.39 is 17.4 Å². The van der Waals surface area contributed by atoms with E-state index in [1.165, 1.54) is 6.92 Å². The van der Waals surface area contributed by atoms with Gasteiger partial charge in [-0.05, 0) is 6.42 Å². The van der Waals surface area contributed by atoms with Crippen molar-refractivity contribution in [1.29, 1.82) is 0 Å². The normalized spacial score (nSPS) is 9.43. The summed E-state index contributed by atoms with van der Waals surface area (Å²) in [5, 5.41) is 33.0. The molecule has 126 valence electrons. The molecular weight excluding hydrogens is 284 g/mol. The number of hydrogen-bond donors (Lipinski definition) is 4. The second-order valence-corrected chi connectivity index (χ2v) is 4.38. The Kier molecular flexibility index (Phi) is 17.1. The maximum atomic E-state index is 10.5. The average molecular weight is 310 g/mol. The summed E-state index contributed by atoms with van der Waals surface area (Å²) in [5.41, 5.74) is -0.666. The van der Waals surface area contributed by atoms with Gasteiger partial charge in [0.05, 0.1) is 18.6 Å². The maximum Gasteiger partial charge on any atom is 0.302 e. The zero-order valence-corrected chi connectivity index (χ0v) is 13.0. The largest absolute Gasteiger partial charge is 0.481 e. The Balaban J connectivity index is -0.000000334. The molecule has 0 aromatic heterocycles. The van der Waals surface area contributed by atoms with Gasteiger partial charge in [-0.2, -0.15) is 0 Å². The van der Waals surface area contributed by atoms with Gasteiger partial charge in [-0.3, -0.25) is 14.4 Å². The molecule has 21 heavy (non-hydrogen) atoms. The lowest BCUT2D eigenvalue weighted by Crippen LogP contribution is -2.35. The summed E-state index contributed by atoms with van der Waals surface area (Å²) in [6, 6.07) is 0. The van der Waals surface area contributed by atoms with E-state index in [0.717, 1.165) is 20.3 Å². The third-order valence-electron chi connectivity index (χ3n) is 2.03. The van der Waals surface area contributed by atoms with Crippen LogP contribution in [0.2, 0.25) is 0 Å². The van der Waals surface area contributed by atoms with E-state index in [9.17, 15) is 4.79 Å². The lowest BCUT2D eigenvalue weighted by atomic mass is 9.86. The number of carbonyl (C=O) groups excluding carboxylic acids is 1. The smallest absolute Gasteiger partial charge is 0.302 e. The Labute approximate surface area is 124 Å². The van der Waals surface area contributed by atoms with Crippen LogP contribution in [0.4, 0.5) is 0 Å². The van der Waals surface area contributed by atoms with E-state index in [-0.39, 0.29) is 25.8 Å². The molecule has 0 amide bonds. The minimum Gasteiger partial charge on any atom is -0.481 e. The molecule has 0 fully saturated rings. The lowest BCUT2D eigenvalue weighted by Gasteiger charge is -2.28. The van der Waals surface area contributed by atoms with Crippen molar-refractivity contribution in [3.05, 3.63) is 0 Å². The van der Waals surface area contributed by atoms with E-state index in [0.29, 0.717) is 6.42 Å². The number of aliphatic hydroxyl groups is 2. The first-order chi connectivity index (χ1) is 9.56. The molecule has 4 N–H and O–H groups in total. The van der Waals surface area contributed by atoms with Crippen molar-refractivity contribution in [2.75, 3.05) is 19.8 Å². The Bertz CT molecular complexity index is 277. The standard InChI is InChI=1S/C9H18O4.2C2H4O2/c1-3-4-9(5-10,6-11)7-13-8(2)12;2*1-2(3)4/h10-11H,3-7H2,1-2H3;2*1H3,(H,3,4). The summed E-state index contributed by atoms with van der Waals surface area (Å²) in [4.78, 5) is 28.5. The van der Waals surface area contributed by atoms with E-state index in [1.54, 1.807) is 0 Å². The van der Waals surface area contributed by atoms with Crippen molar-refractivity contribution < 1.29 is 39.5 Å². The quantitative estimate of drug-likeness (QED) is 0.520. The fraction of sp³-hybridized carbons (Fsp3) is 0.769. The number of esters is 1. The molecule has 0 unspecified atom stereocenters. The van der Waals surface area contributed by atoms with E-state index in [2.05, 4.69) is 0 Å². The number of hydrogen-bond acceptors (Lipinski definition) is 6. The van der Waals surface area contributed by atoms with Crippen LogP contribution in [0.5, 0.6) is 0 Å². The molecule has 0 heterocycles. The first-order valence-corrected chi connectivity index (χ1v) is 6.31. The fourth-order valence-corrected chi connectivity index (χ4v) is 1.16. The highest BCUT2D eigenvalue weighted by Crippen LogP contribution is 2.23. The van der Waals surface area contributed by atoms with Gasteiger partial charge >= 0.3 is 5.97 Å². The molecule has 0 aromatic rings. The fourth-order valence-electron chi connectivity index (χ4n) is 1.16. The minimum absolute atomic E-state index is 0.0865. The van der Waals surface area contributed by atoms with Crippen molar-refractivity contribution in [3.8, 4) is 0 Å². The van der Waals surface area contributed by atoms with Crippen LogP contribution in [0.3, 0.4) is 0 Å². The van der Waals surface area contributed by atoms with Gasteiger partial charge in [0.1, 0.15) is 6.61 Å². The Morgan fingerprint density at radius 1 is 0.952 bits per heavy atom. The van der Waals surface area contributed by atoms with Crippen molar-refractivity contribution in [3.63, 3.8) is 0 Å². The summed E-state index contributed by atoms with van der Waals surface area (Å²) in [5.74, 6) is -2.05. The predicted molar refractivity (Wildman–Crippen MR) is 74.8 cm³/mol. The molecular formula is C13H26O8. The van der Waals surface area contributed by atoms with Gasteiger partial charge in [-0.1, -0.05) is 13.3 Å². The predicted octanol–water partition coefficient (Wildman–Crippen LogP) is 0.502. The van der Waals surface area contributed by atoms with Crippen LogP contribution in [0.15, 0.2) is 0 Å². The van der Waals surface area contributed by atoms with Crippen LogP contribution in [0, 0.1) is 5.41 Å². The molecule has 0 rings (SSSR count). The van der Waals surface area contributed by atoms with Gasteiger partial charge in [0.25, 0.3) is 11.9 Å². The van der Waals surface area contributed by atoms with Crippen molar-refractivity contribution in [1.82, 2.24) is 0 Å². The molecule has 0 saturated carbocycles. The zero-order valence-electron chi connectivity index (χ0n) is 13.0. The minimum atomic E-state index is -0.833. The Morgan fingerprint density at radius 2 is 1.29 bits per heavy atom. The molecule has 0 saturated heterocycles. The molecule has 0 bridgehead atoms. The number of carboxylic acid groups (broad SMARTS) is 2. The van der Waals surface area contributed by atoms with Gasteiger partial charge < -0.3 is 25.2 Å². The highest BCUT2D eigenvalue weighted by Gasteiger charge is 2.29. The van der Waals surface area contributed by atoms with Gasteiger partial charge in [0.2, 0.25) is 0 Å². The van der Waals surface area contributed by atoms with Crippen LogP contribution in [0.1, 0.15) is 40.5 Å². The third-order valence-corrected chi connectivity index (χ3v) is 2.03. The van der Waals surface area contributed by atoms with Gasteiger partial charge in [-0.15, -0.1) is 0 Å². The molecule has 0 radical (unpaired) electrons. The molecule has 0 spiro atoms. The topological polar surface area (TPSA) is 141 Å². The summed E-state index contributed by atoms with van der Waals surface area (Å²) >= 11 is 0. The molecule has 0 aliphatic rings. The zero-order chi connectivity index (χ0) is 17.5. The van der Waals surface area contributed by atoms with E-state index >= 15 is 0 Å². The number of carbonyl (C=O) groups is 3. The van der Waals surface area contributed by atoms with Crippen molar-refractivity contribution >= 4 is 17.9 Å². The van der Waals surface area contributed by atoms with Crippen LogP contribution in [-0.4, -0.2) is 58.2 Å². The van der Waals surface area contributed by atoms with Crippen molar-refractivity contribution in [2.45, 2.75) is 40.5 Å². The van der Waals surface area contributed by atoms with Crippen LogP contribution < -0.4 is 0 Å². The average Bonchev–Trinajstić information content (AvgIpc) is 2.33. The first-order valence-electron chi connectivity index (χ1n) is 6.31. The molecule has 0 atom stereocenters. The van der Waals surface area contributed by atoms with Crippen LogP contribution in [-0.2, 0) is 19.1 Å². The molecule has 0 aliphatic heterocycles. The summed E-state index contributed by atoms with van der Waals surface area (Å²) in [7, 11) is 0. The maximum absolute atomic E-state index is 10.5. The van der Waals surface area contributed by atoms with Gasteiger partial charge in [-0.25, -0.2) is 0 Å². The van der Waals surface area contributed by atoms with E-state index in [1.807, 2.05) is 6.92 Å². The number of aliphatic hydroxyl groups excluding tert-OH is 2. The first kappa shape index (κ1) is 24.4. The summed E-state index contributed by atoms with van der Waals surface area (Å²) in [6.45, 7) is 5.19. The third kappa shape index (κ3) is 23.8. The summed E-state index contributed by atoms with van der Waals surface area (Å²) in [6.07, 6.45) is 1.48. The van der Waals surface area contributed by atoms with Crippen molar-refractivity contribution in [2.24, 2.45) is 5.41 Å². The number of rotatable bonds is 6. The second kappa shape index (κ2) is 14.7. The summed E-state index contributed by atoms with van der Waals surface area (Å²) < 4.78 is 4.78. The van der Waals surface area contributed by atoms with Gasteiger partial charge in [0.15, 0.2) is 0 Å². The Hall–Kier alpha value is -1.67.